The third-order valence-corrected chi connectivity index (χ3v) is 3.15. The lowest BCUT2D eigenvalue weighted by atomic mass is 9.90. The lowest BCUT2D eigenvalue weighted by molar-refractivity contribution is -0.00789. The number of rotatable bonds is 2. The Hall–Kier alpha value is -1.34. The molecule has 0 aromatic heterocycles. The topological polar surface area (TPSA) is 9.23 Å². The van der Waals surface area contributed by atoms with Gasteiger partial charge in [0, 0.05) is 6.42 Å². The lowest BCUT2D eigenvalue weighted by Gasteiger charge is -2.33. The maximum absolute atomic E-state index is 6.04. The van der Waals surface area contributed by atoms with Crippen molar-refractivity contribution in [1.29, 1.82) is 0 Å². The molecule has 1 aromatic rings. The number of hydrogen-bond acceptors (Lipinski definition) is 1. The van der Waals surface area contributed by atoms with Crippen molar-refractivity contribution in [3.05, 3.63) is 60.2 Å². The lowest BCUT2D eigenvalue weighted by Crippen LogP contribution is -2.25. The fourth-order valence-electron chi connectivity index (χ4n) is 2.12. The second-order valence-electron chi connectivity index (χ2n) is 4.27. The molecular formula is C15H18O. The van der Waals surface area contributed by atoms with Crippen LogP contribution in [0.2, 0.25) is 0 Å². The zero-order chi connectivity index (χ0) is 11.5. The van der Waals surface area contributed by atoms with Gasteiger partial charge in [-0.3, -0.25) is 0 Å². The molecule has 1 aliphatic rings. The zero-order valence-electron chi connectivity index (χ0n) is 9.78. The summed E-state index contributed by atoms with van der Waals surface area (Å²) in [6.45, 7) is 10.3. The van der Waals surface area contributed by atoms with Crippen LogP contribution in [-0.2, 0) is 4.74 Å². The third-order valence-electron chi connectivity index (χ3n) is 3.15. The Morgan fingerprint density at radius 3 is 2.56 bits per heavy atom. The average Bonchev–Trinajstić information content (AvgIpc) is 2.33. The largest absolute Gasteiger partial charge is 0.365 e. The van der Waals surface area contributed by atoms with Crippen LogP contribution in [-0.4, -0.2) is 6.10 Å². The van der Waals surface area contributed by atoms with E-state index in [9.17, 15) is 0 Å². The van der Waals surface area contributed by atoms with Crippen molar-refractivity contribution < 1.29 is 4.74 Å². The molecule has 1 aliphatic heterocycles. The second-order valence-corrected chi connectivity index (χ2v) is 4.27. The molecule has 0 unspecified atom stereocenters. The van der Waals surface area contributed by atoms with Gasteiger partial charge in [-0.25, -0.2) is 0 Å². The van der Waals surface area contributed by atoms with Gasteiger partial charge in [-0.15, -0.1) is 0 Å². The summed E-state index contributed by atoms with van der Waals surface area (Å²) in [6.07, 6.45) is 2.09. The summed E-state index contributed by atoms with van der Waals surface area (Å²) < 4.78 is 6.04. The third kappa shape index (κ3) is 2.10. The van der Waals surface area contributed by atoms with Crippen LogP contribution in [0.4, 0.5) is 0 Å². The molecule has 2 atom stereocenters. The van der Waals surface area contributed by atoms with Crippen LogP contribution in [0.25, 0.3) is 0 Å². The van der Waals surface area contributed by atoms with Gasteiger partial charge in [0.15, 0.2) is 0 Å². The Labute approximate surface area is 97.4 Å². The Morgan fingerprint density at radius 2 is 1.94 bits per heavy atom. The molecule has 0 bridgehead atoms. The molecule has 84 valence electrons. The molecule has 2 rings (SSSR count). The summed E-state index contributed by atoms with van der Waals surface area (Å²) in [5, 5.41) is 0. The summed E-state index contributed by atoms with van der Waals surface area (Å²) in [5.74, 6) is 0. The molecule has 0 saturated carbocycles. The second kappa shape index (κ2) is 4.67. The highest BCUT2D eigenvalue weighted by Crippen LogP contribution is 2.37. The molecule has 1 heterocycles. The fourth-order valence-corrected chi connectivity index (χ4v) is 2.12. The molecule has 0 spiro atoms. The predicted molar refractivity (Wildman–Crippen MR) is 67.2 cm³/mol. The Balaban J connectivity index is 2.19. The van der Waals surface area contributed by atoms with Gasteiger partial charge in [0.1, 0.15) is 0 Å². The molecule has 1 nitrogen and oxygen atoms in total. The van der Waals surface area contributed by atoms with Gasteiger partial charge in [0.2, 0.25) is 0 Å². The van der Waals surface area contributed by atoms with Gasteiger partial charge in [-0.1, -0.05) is 50.4 Å². The summed E-state index contributed by atoms with van der Waals surface area (Å²) in [5.41, 5.74) is 3.43. The smallest absolute Gasteiger partial charge is 0.0873 e. The summed E-state index contributed by atoms with van der Waals surface area (Å²) in [4.78, 5) is 0. The van der Waals surface area contributed by atoms with Crippen LogP contribution in [0.15, 0.2) is 54.6 Å². The van der Waals surface area contributed by atoms with Crippen LogP contribution >= 0.6 is 0 Å². The minimum absolute atomic E-state index is 0.131. The van der Waals surface area contributed by atoms with Crippen molar-refractivity contribution in [2.24, 2.45) is 0 Å². The maximum atomic E-state index is 6.04. The van der Waals surface area contributed by atoms with Crippen molar-refractivity contribution in [2.75, 3.05) is 0 Å². The van der Waals surface area contributed by atoms with Gasteiger partial charge in [-0.2, -0.15) is 0 Å². The van der Waals surface area contributed by atoms with E-state index in [4.69, 9.17) is 4.74 Å². The first kappa shape index (κ1) is 11.2. The van der Waals surface area contributed by atoms with Crippen LogP contribution in [0.3, 0.4) is 0 Å². The first-order chi connectivity index (χ1) is 7.72. The Kier molecular flexibility index (Phi) is 3.25. The molecule has 0 amide bonds. The van der Waals surface area contributed by atoms with E-state index in [-0.39, 0.29) is 12.2 Å². The summed E-state index contributed by atoms with van der Waals surface area (Å²) in [7, 11) is 0. The molecular weight excluding hydrogens is 196 g/mol. The monoisotopic (exact) mass is 214 g/mol. The predicted octanol–water partition coefficient (Wildman–Crippen LogP) is 4.04. The van der Waals surface area contributed by atoms with Crippen molar-refractivity contribution in [1.82, 2.24) is 0 Å². The van der Waals surface area contributed by atoms with Crippen molar-refractivity contribution in [2.45, 2.75) is 32.0 Å². The molecule has 1 heteroatoms. The van der Waals surface area contributed by atoms with Crippen LogP contribution < -0.4 is 0 Å². The van der Waals surface area contributed by atoms with Gasteiger partial charge < -0.3 is 4.74 Å². The van der Waals surface area contributed by atoms with E-state index in [1.165, 1.54) is 5.56 Å². The minimum Gasteiger partial charge on any atom is -0.365 e. The molecule has 0 N–H and O–H groups in total. The zero-order valence-corrected chi connectivity index (χ0v) is 9.78. The van der Waals surface area contributed by atoms with E-state index >= 15 is 0 Å². The van der Waals surface area contributed by atoms with Gasteiger partial charge >= 0.3 is 0 Å². The molecule has 0 aliphatic carbocycles. The van der Waals surface area contributed by atoms with Crippen molar-refractivity contribution in [3.8, 4) is 0 Å². The molecule has 0 radical (unpaired) electrons. The molecule has 1 aromatic carbocycles. The maximum Gasteiger partial charge on any atom is 0.0873 e. The normalized spacial score (nSPS) is 25.8. The summed E-state index contributed by atoms with van der Waals surface area (Å²) >= 11 is 0. The standard InChI is InChI=1S/C15H18O/c1-4-14-12(3)11(2)10-15(16-14)13-8-6-5-7-9-13/h5-9,14-15H,2-4,10H2,1H3/t14-,15-/m0/s1. The van der Waals surface area contributed by atoms with E-state index in [0.717, 1.165) is 24.0 Å². The summed E-state index contributed by atoms with van der Waals surface area (Å²) in [6, 6.07) is 10.3. The quantitative estimate of drug-likeness (QED) is 0.722. The highest BCUT2D eigenvalue weighted by atomic mass is 16.5. The fraction of sp³-hybridized carbons (Fsp3) is 0.333. The SMILES string of the molecule is C=C1C[C@@H](c2ccccc2)O[C@@H](CC)C1=C. The van der Waals surface area contributed by atoms with E-state index in [2.05, 4.69) is 32.2 Å². The van der Waals surface area contributed by atoms with E-state index in [1.54, 1.807) is 0 Å². The van der Waals surface area contributed by atoms with E-state index in [1.807, 2.05) is 18.2 Å². The number of hydrogen-bond donors (Lipinski definition) is 0. The van der Waals surface area contributed by atoms with Crippen LogP contribution in [0.5, 0.6) is 0 Å². The average molecular weight is 214 g/mol. The van der Waals surface area contributed by atoms with Gasteiger partial charge in [0.05, 0.1) is 12.2 Å². The number of benzene rings is 1. The highest BCUT2D eigenvalue weighted by Gasteiger charge is 2.27. The molecule has 16 heavy (non-hydrogen) atoms. The minimum atomic E-state index is 0.131. The van der Waals surface area contributed by atoms with Crippen molar-refractivity contribution in [3.63, 3.8) is 0 Å². The van der Waals surface area contributed by atoms with Crippen LogP contribution in [0, 0.1) is 0 Å². The van der Waals surface area contributed by atoms with Crippen LogP contribution in [0.1, 0.15) is 31.4 Å². The highest BCUT2D eigenvalue weighted by molar-refractivity contribution is 5.34. The first-order valence-electron chi connectivity index (χ1n) is 5.79. The van der Waals surface area contributed by atoms with Crippen molar-refractivity contribution >= 4 is 0 Å². The Bertz CT molecular complexity index is 391. The first-order valence-corrected chi connectivity index (χ1v) is 5.79. The number of ether oxygens (including phenoxy) is 1. The van der Waals surface area contributed by atoms with E-state index < -0.39 is 0 Å². The Morgan fingerprint density at radius 1 is 1.25 bits per heavy atom. The molecule has 1 saturated heterocycles. The molecule has 1 fully saturated rings. The van der Waals surface area contributed by atoms with Gasteiger partial charge in [0.25, 0.3) is 0 Å². The van der Waals surface area contributed by atoms with Gasteiger partial charge in [-0.05, 0) is 23.1 Å². The van der Waals surface area contributed by atoms with E-state index in [0.29, 0.717) is 0 Å².